The van der Waals surface area contributed by atoms with Crippen LogP contribution in [0.5, 0.6) is 0 Å². The number of ether oxygens (including phenoxy) is 1. The van der Waals surface area contributed by atoms with Crippen molar-refractivity contribution >= 4 is 34.0 Å². The van der Waals surface area contributed by atoms with Crippen molar-refractivity contribution in [3.63, 3.8) is 0 Å². The Kier molecular flexibility index (Phi) is 12.1. The van der Waals surface area contributed by atoms with E-state index >= 15 is 0 Å². The average molecular weight is 468 g/mol. The van der Waals surface area contributed by atoms with Crippen LogP contribution in [0.15, 0.2) is 18.2 Å². The number of hydrogen-bond donors (Lipinski definition) is 1. The molecule has 5 nitrogen and oxygen atoms in total. The third-order valence-electron chi connectivity index (χ3n) is 4.66. The molecular weight excluding hydrogens is 430 g/mol. The number of carbonyl (C=O) groups is 1. The number of methoxy groups -OCH3 is 1. The number of piperazine rings is 1. The van der Waals surface area contributed by atoms with Crippen molar-refractivity contribution in [3.05, 3.63) is 33.7 Å². The molecule has 31 heavy (non-hydrogen) atoms. The summed E-state index contributed by atoms with van der Waals surface area (Å²) in [4.78, 5) is 20.3. The van der Waals surface area contributed by atoms with Gasteiger partial charge in [-0.2, -0.15) is 0 Å². The molecule has 1 unspecified atom stereocenters. The van der Waals surface area contributed by atoms with E-state index in [2.05, 4.69) is 30.1 Å². The van der Waals surface area contributed by atoms with Crippen LogP contribution in [0, 0.1) is 12.8 Å². The van der Waals surface area contributed by atoms with Gasteiger partial charge in [-0.15, -0.1) is 11.3 Å². The fourth-order valence-electron chi connectivity index (χ4n) is 3.17. The molecule has 2 aromatic rings. The Morgan fingerprint density at radius 2 is 2.00 bits per heavy atom. The zero-order valence-electron chi connectivity index (χ0n) is 20.2. The summed E-state index contributed by atoms with van der Waals surface area (Å²) < 4.78 is 4.89. The lowest BCUT2D eigenvalue weighted by Gasteiger charge is -2.31. The standard InChI is InChI=1S/C20H26ClN3O2S.2C2H6/c1-12(2)9-17-18(14-6-5-13(3)15(21)10-14)23-20(27-17)24-8-7-22-16(11-24)19(25)26-4;2*1-2/h5-6,10,12,16,22H,7-9,11H2,1-4H3;2*1-2H3. The van der Waals surface area contributed by atoms with Gasteiger partial charge in [-0.3, -0.25) is 4.79 Å². The van der Waals surface area contributed by atoms with E-state index in [4.69, 9.17) is 21.3 Å². The predicted molar refractivity (Wildman–Crippen MR) is 135 cm³/mol. The quantitative estimate of drug-likeness (QED) is 0.548. The first-order valence-electron chi connectivity index (χ1n) is 11.2. The van der Waals surface area contributed by atoms with Crippen LogP contribution in [-0.4, -0.2) is 43.7 Å². The predicted octanol–water partition coefficient (Wildman–Crippen LogP) is 5.97. The van der Waals surface area contributed by atoms with Gasteiger partial charge in [0.05, 0.1) is 12.8 Å². The van der Waals surface area contributed by atoms with E-state index in [0.29, 0.717) is 12.5 Å². The van der Waals surface area contributed by atoms with Gasteiger partial charge in [-0.05, 0) is 30.9 Å². The molecule has 1 aromatic carbocycles. The molecule has 1 saturated heterocycles. The summed E-state index contributed by atoms with van der Waals surface area (Å²) in [5, 5.41) is 4.92. The van der Waals surface area contributed by atoms with Crippen molar-refractivity contribution in [2.24, 2.45) is 5.92 Å². The monoisotopic (exact) mass is 467 g/mol. The molecule has 0 amide bonds. The van der Waals surface area contributed by atoms with E-state index in [1.54, 1.807) is 11.3 Å². The van der Waals surface area contributed by atoms with E-state index in [9.17, 15) is 4.79 Å². The topological polar surface area (TPSA) is 54.5 Å². The second-order valence-corrected chi connectivity index (χ2v) is 8.78. The second kappa shape index (κ2) is 13.7. The van der Waals surface area contributed by atoms with E-state index in [1.165, 1.54) is 12.0 Å². The lowest BCUT2D eigenvalue weighted by atomic mass is 10.0. The highest BCUT2D eigenvalue weighted by atomic mass is 35.5. The highest BCUT2D eigenvalue weighted by Gasteiger charge is 2.28. The maximum atomic E-state index is 11.9. The number of nitrogens with one attached hydrogen (secondary N) is 1. The van der Waals surface area contributed by atoms with Crippen LogP contribution >= 0.6 is 22.9 Å². The number of nitrogens with zero attached hydrogens (tertiary/aromatic N) is 2. The molecule has 0 aliphatic carbocycles. The van der Waals surface area contributed by atoms with Crippen molar-refractivity contribution < 1.29 is 9.53 Å². The third kappa shape index (κ3) is 7.48. The largest absolute Gasteiger partial charge is 0.468 e. The first-order chi connectivity index (χ1) is 14.9. The van der Waals surface area contributed by atoms with Gasteiger partial charge in [0.25, 0.3) is 0 Å². The summed E-state index contributed by atoms with van der Waals surface area (Å²) >= 11 is 8.07. The van der Waals surface area contributed by atoms with Gasteiger partial charge in [0.15, 0.2) is 5.13 Å². The highest BCUT2D eigenvalue weighted by molar-refractivity contribution is 7.16. The summed E-state index contributed by atoms with van der Waals surface area (Å²) in [6.45, 7) is 16.5. The number of rotatable bonds is 5. The molecular formula is C24H38ClN3O2S. The second-order valence-electron chi connectivity index (χ2n) is 7.31. The Morgan fingerprint density at radius 1 is 1.32 bits per heavy atom. The first-order valence-corrected chi connectivity index (χ1v) is 12.4. The number of aryl methyl sites for hydroxylation is 1. The fraction of sp³-hybridized carbons (Fsp3) is 0.583. The number of benzene rings is 1. The summed E-state index contributed by atoms with van der Waals surface area (Å²) in [7, 11) is 1.42. The molecule has 0 saturated carbocycles. The Balaban J connectivity index is 0.00000113. The van der Waals surface area contributed by atoms with Crippen LogP contribution in [0.25, 0.3) is 11.3 Å². The zero-order chi connectivity index (χ0) is 23.6. The molecule has 0 radical (unpaired) electrons. The molecule has 7 heteroatoms. The van der Waals surface area contributed by atoms with E-state index in [-0.39, 0.29) is 12.0 Å². The molecule has 2 heterocycles. The molecule has 0 bridgehead atoms. The van der Waals surface area contributed by atoms with Crippen LogP contribution in [0.3, 0.4) is 0 Å². The van der Waals surface area contributed by atoms with Gasteiger partial charge in [0, 0.05) is 35.1 Å². The smallest absolute Gasteiger partial charge is 0.324 e. The third-order valence-corrected chi connectivity index (χ3v) is 6.20. The van der Waals surface area contributed by atoms with Crippen LogP contribution in [0.4, 0.5) is 5.13 Å². The zero-order valence-corrected chi connectivity index (χ0v) is 21.8. The number of anilines is 1. The Morgan fingerprint density at radius 3 is 2.58 bits per heavy atom. The number of esters is 1. The summed E-state index contributed by atoms with van der Waals surface area (Å²) in [6, 6.07) is 5.79. The van der Waals surface area contributed by atoms with Crippen LogP contribution in [0.2, 0.25) is 5.02 Å². The average Bonchev–Trinajstić information content (AvgIpc) is 3.21. The number of thiazole rings is 1. The molecule has 0 spiro atoms. The van der Waals surface area contributed by atoms with Crippen molar-refractivity contribution in [3.8, 4) is 11.3 Å². The first kappa shape index (κ1) is 27.4. The van der Waals surface area contributed by atoms with Crippen LogP contribution < -0.4 is 10.2 Å². The maximum absolute atomic E-state index is 11.9. The maximum Gasteiger partial charge on any atom is 0.324 e. The van der Waals surface area contributed by atoms with Crippen molar-refractivity contribution in [1.82, 2.24) is 10.3 Å². The molecule has 1 aliphatic heterocycles. The summed E-state index contributed by atoms with van der Waals surface area (Å²) in [5.74, 6) is 0.299. The SMILES string of the molecule is CC.CC.COC(=O)C1CN(c2nc(-c3ccc(C)c(Cl)c3)c(CC(C)C)s2)CCN1. The van der Waals surface area contributed by atoms with Crippen molar-refractivity contribution in [2.75, 3.05) is 31.6 Å². The fourth-order valence-corrected chi connectivity index (χ4v) is 4.68. The molecule has 1 atom stereocenters. The number of carbonyl (C=O) groups excluding carboxylic acids is 1. The van der Waals surface area contributed by atoms with Gasteiger partial charge < -0.3 is 15.0 Å². The van der Waals surface area contributed by atoms with Crippen LogP contribution in [-0.2, 0) is 16.0 Å². The Hall–Kier alpha value is -1.63. The number of halogens is 1. The van der Waals surface area contributed by atoms with E-state index < -0.39 is 0 Å². The van der Waals surface area contributed by atoms with E-state index in [1.807, 2.05) is 46.8 Å². The van der Waals surface area contributed by atoms with Gasteiger partial charge in [0.2, 0.25) is 0 Å². The van der Waals surface area contributed by atoms with Crippen molar-refractivity contribution in [1.29, 1.82) is 0 Å². The molecule has 1 aromatic heterocycles. The van der Waals surface area contributed by atoms with Crippen molar-refractivity contribution in [2.45, 2.75) is 60.9 Å². The molecule has 3 rings (SSSR count). The molecule has 1 fully saturated rings. The molecule has 1 N–H and O–H groups in total. The summed E-state index contributed by atoms with van der Waals surface area (Å²) in [5.41, 5.74) is 3.10. The van der Waals surface area contributed by atoms with Gasteiger partial charge in [-0.25, -0.2) is 4.98 Å². The minimum absolute atomic E-state index is 0.232. The minimum Gasteiger partial charge on any atom is -0.468 e. The molecule has 174 valence electrons. The van der Waals surface area contributed by atoms with Gasteiger partial charge in [0.1, 0.15) is 6.04 Å². The Bertz CT molecular complexity index is 823. The minimum atomic E-state index is -0.321. The normalized spacial score (nSPS) is 15.5. The van der Waals surface area contributed by atoms with Crippen LogP contribution in [0.1, 0.15) is 52.0 Å². The Labute approximate surface area is 197 Å². The highest BCUT2D eigenvalue weighted by Crippen LogP contribution is 2.36. The van der Waals surface area contributed by atoms with E-state index in [0.717, 1.165) is 46.5 Å². The van der Waals surface area contributed by atoms with Gasteiger partial charge in [-0.1, -0.05) is 65.3 Å². The van der Waals surface area contributed by atoms with Gasteiger partial charge >= 0.3 is 5.97 Å². The lowest BCUT2D eigenvalue weighted by Crippen LogP contribution is -2.54. The number of aromatic nitrogens is 1. The summed E-state index contributed by atoms with van der Waals surface area (Å²) in [6.07, 6.45) is 0.963. The molecule has 1 aliphatic rings. The number of hydrogen-bond acceptors (Lipinski definition) is 6. The lowest BCUT2D eigenvalue weighted by molar-refractivity contribution is -0.143.